The van der Waals surface area contributed by atoms with E-state index in [0.29, 0.717) is 0 Å². The predicted molar refractivity (Wildman–Crippen MR) is 38.6 cm³/mol. The number of aliphatic hydroxyl groups excluding tert-OH is 1. The third-order valence-electron chi connectivity index (χ3n) is 1.57. The fourth-order valence-corrected chi connectivity index (χ4v) is 1.16. The number of hydrogen-bond acceptors (Lipinski definition) is 2. The number of rotatable bonds is 1. The van der Waals surface area contributed by atoms with E-state index in [0.717, 1.165) is 11.3 Å². The van der Waals surface area contributed by atoms with Crippen LogP contribution in [-0.4, -0.2) is 14.9 Å². The molecule has 56 valence electrons. The van der Waals surface area contributed by atoms with Gasteiger partial charge in [0.15, 0.2) is 0 Å². The van der Waals surface area contributed by atoms with Gasteiger partial charge in [0, 0.05) is 7.05 Å². The van der Waals surface area contributed by atoms with Gasteiger partial charge in [-0.25, -0.2) is 0 Å². The Labute approximate surface area is 60.3 Å². The summed E-state index contributed by atoms with van der Waals surface area (Å²) in [5, 5.41) is 13.2. The third kappa shape index (κ3) is 1.04. The average molecular weight is 140 g/mol. The number of nitrogens with zero attached hydrogens (tertiary/aromatic N) is 2. The fourth-order valence-electron chi connectivity index (χ4n) is 1.16. The zero-order chi connectivity index (χ0) is 7.72. The number of hydrogen-bond donors (Lipinski definition) is 1. The maximum Gasteiger partial charge on any atom is 0.0931 e. The monoisotopic (exact) mass is 140 g/mol. The lowest BCUT2D eigenvalue weighted by molar-refractivity contribution is 0.188. The Morgan fingerprint density at radius 3 is 2.50 bits per heavy atom. The van der Waals surface area contributed by atoms with Gasteiger partial charge in [-0.3, -0.25) is 4.68 Å². The van der Waals surface area contributed by atoms with Gasteiger partial charge in [0.2, 0.25) is 0 Å². The molecule has 0 fully saturated rings. The number of aromatic nitrogens is 2. The van der Waals surface area contributed by atoms with Crippen LogP contribution in [0.5, 0.6) is 0 Å². The molecule has 3 heteroatoms. The van der Waals surface area contributed by atoms with Gasteiger partial charge in [0.1, 0.15) is 0 Å². The molecule has 1 N–H and O–H groups in total. The molecule has 0 aliphatic rings. The first-order chi connectivity index (χ1) is 4.63. The lowest BCUT2D eigenvalue weighted by Crippen LogP contribution is -2.02. The molecule has 1 atom stereocenters. The number of aliphatic hydroxyl groups is 1. The normalized spacial score (nSPS) is 13.6. The van der Waals surface area contributed by atoms with Crippen molar-refractivity contribution in [3.63, 3.8) is 0 Å². The molecule has 0 aliphatic heterocycles. The molecule has 0 saturated heterocycles. The van der Waals surface area contributed by atoms with Crippen LogP contribution in [0.15, 0.2) is 6.20 Å². The minimum atomic E-state index is -0.424. The Bertz CT molecular complexity index is 208. The van der Waals surface area contributed by atoms with Crippen LogP contribution in [0.1, 0.15) is 24.3 Å². The maximum atomic E-state index is 9.21. The van der Waals surface area contributed by atoms with Crippen molar-refractivity contribution in [2.75, 3.05) is 0 Å². The summed E-state index contributed by atoms with van der Waals surface area (Å²) in [6.45, 7) is 3.68. The molecule has 1 aromatic heterocycles. The minimum absolute atomic E-state index is 0.424. The van der Waals surface area contributed by atoms with Crippen molar-refractivity contribution in [2.24, 2.45) is 7.05 Å². The van der Waals surface area contributed by atoms with Gasteiger partial charge in [-0.2, -0.15) is 5.10 Å². The topological polar surface area (TPSA) is 38.0 Å². The molecule has 10 heavy (non-hydrogen) atoms. The largest absolute Gasteiger partial charge is 0.387 e. The average Bonchev–Trinajstić information content (AvgIpc) is 2.11. The van der Waals surface area contributed by atoms with Crippen molar-refractivity contribution in [1.82, 2.24) is 9.78 Å². The van der Waals surface area contributed by atoms with Crippen LogP contribution in [0, 0.1) is 6.92 Å². The Balaban J connectivity index is 3.10. The Morgan fingerprint density at radius 2 is 2.30 bits per heavy atom. The Kier molecular flexibility index (Phi) is 1.76. The highest BCUT2D eigenvalue weighted by atomic mass is 16.3. The third-order valence-corrected chi connectivity index (χ3v) is 1.57. The summed E-state index contributed by atoms with van der Waals surface area (Å²) in [4.78, 5) is 0. The molecule has 1 aromatic rings. The minimum Gasteiger partial charge on any atom is -0.387 e. The Morgan fingerprint density at radius 1 is 1.70 bits per heavy atom. The summed E-state index contributed by atoms with van der Waals surface area (Å²) in [6, 6.07) is 0. The van der Waals surface area contributed by atoms with E-state index in [9.17, 15) is 5.11 Å². The number of aryl methyl sites for hydroxylation is 2. The molecule has 0 aromatic carbocycles. The summed E-state index contributed by atoms with van der Waals surface area (Å²) >= 11 is 0. The maximum absolute atomic E-state index is 9.21. The highest BCUT2D eigenvalue weighted by Gasteiger charge is 2.08. The van der Waals surface area contributed by atoms with Crippen molar-refractivity contribution >= 4 is 0 Å². The van der Waals surface area contributed by atoms with Crippen LogP contribution < -0.4 is 0 Å². The van der Waals surface area contributed by atoms with Crippen molar-refractivity contribution < 1.29 is 5.11 Å². The zero-order valence-corrected chi connectivity index (χ0v) is 6.50. The van der Waals surface area contributed by atoms with Gasteiger partial charge < -0.3 is 5.11 Å². The van der Waals surface area contributed by atoms with Gasteiger partial charge in [0.05, 0.1) is 18.0 Å². The Hall–Kier alpha value is -0.830. The first kappa shape index (κ1) is 7.28. The van der Waals surface area contributed by atoms with Crippen molar-refractivity contribution in [2.45, 2.75) is 20.0 Å². The van der Waals surface area contributed by atoms with E-state index in [1.165, 1.54) is 0 Å². The van der Waals surface area contributed by atoms with E-state index in [4.69, 9.17) is 0 Å². The molecular formula is C7H12N2O. The molecule has 0 aliphatic carbocycles. The quantitative estimate of drug-likeness (QED) is 0.626. The van der Waals surface area contributed by atoms with E-state index >= 15 is 0 Å². The van der Waals surface area contributed by atoms with Gasteiger partial charge in [-0.15, -0.1) is 0 Å². The van der Waals surface area contributed by atoms with Crippen LogP contribution in [-0.2, 0) is 7.05 Å². The van der Waals surface area contributed by atoms with Crippen LogP contribution in [0.25, 0.3) is 0 Å². The van der Waals surface area contributed by atoms with Gasteiger partial charge in [0.25, 0.3) is 0 Å². The summed E-state index contributed by atoms with van der Waals surface area (Å²) in [5.41, 5.74) is 1.93. The fraction of sp³-hybridized carbons (Fsp3) is 0.571. The van der Waals surface area contributed by atoms with Crippen molar-refractivity contribution in [1.29, 1.82) is 0 Å². The summed E-state index contributed by atoms with van der Waals surface area (Å²) in [5.74, 6) is 0. The molecular weight excluding hydrogens is 128 g/mol. The molecule has 1 rings (SSSR count). The molecule has 0 amide bonds. The van der Waals surface area contributed by atoms with E-state index in [2.05, 4.69) is 5.10 Å². The molecule has 0 saturated carbocycles. The SMILES string of the molecule is Cc1cnn(C)c1[C@H](C)O. The van der Waals surface area contributed by atoms with Crippen LogP contribution in [0.2, 0.25) is 0 Å². The molecule has 0 bridgehead atoms. The van der Waals surface area contributed by atoms with Crippen molar-refractivity contribution in [3.05, 3.63) is 17.5 Å². The standard InChI is InChI=1S/C7H12N2O/c1-5-4-8-9(3)7(5)6(2)10/h4,6,10H,1-3H3/t6-/m0/s1. The van der Waals surface area contributed by atoms with E-state index in [1.54, 1.807) is 17.8 Å². The first-order valence-electron chi connectivity index (χ1n) is 3.29. The highest BCUT2D eigenvalue weighted by Crippen LogP contribution is 2.14. The second-order valence-corrected chi connectivity index (χ2v) is 2.51. The molecule has 1 heterocycles. The second-order valence-electron chi connectivity index (χ2n) is 2.51. The molecule has 0 unspecified atom stereocenters. The zero-order valence-electron chi connectivity index (χ0n) is 6.50. The smallest absolute Gasteiger partial charge is 0.0931 e. The highest BCUT2D eigenvalue weighted by molar-refractivity contribution is 5.16. The van der Waals surface area contributed by atoms with E-state index < -0.39 is 6.10 Å². The second kappa shape index (κ2) is 2.42. The molecule has 3 nitrogen and oxygen atoms in total. The van der Waals surface area contributed by atoms with E-state index in [1.807, 2.05) is 14.0 Å². The predicted octanol–water partition coefficient (Wildman–Crippen LogP) is 0.782. The first-order valence-corrected chi connectivity index (χ1v) is 3.29. The lowest BCUT2D eigenvalue weighted by atomic mass is 10.2. The van der Waals surface area contributed by atoms with Crippen LogP contribution in [0.4, 0.5) is 0 Å². The van der Waals surface area contributed by atoms with Gasteiger partial charge in [-0.05, 0) is 19.4 Å². The molecule has 0 spiro atoms. The summed E-state index contributed by atoms with van der Waals surface area (Å²) in [7, 11) is 1.83. The van der Waals surface area contributed by atoms with Crippen LogP contribution in [0.3, 0.4) is 0 Å². The van der Waals surface area contributed by atoms with Crippen molar-refractivity contribution in [3.8, 4) is 0 Å². The summed E-state index contributed by atoms with van der Waals surface area (Å²) < 4.78 is 1.69. The van der Waals surface area contributed by atoms with E-state index in [-0.39, 0.29) is 0 Å². The summed E-state index contributed by atoms with van der Waals surface area (Å²) in [6.07, 6.45) is 1.33. The van der Waals surface area contributed by atoms with Gasteiger partial charge >= 0.3 is 0 Å². The van der Waals surface area contributed by atoms with Crippen LogP contribution >= 0.6 is 0 Å². The van der Waals surface area contributed by atoms with Gasteiger partial charge in [-0.1, -0.05) is 0 Å². The lowest BCUT2D eigenvalue weighted by Gasteiger charge is -2.05. The molecule has 0 radical (unpaired) electrons.